The second-order valence-electron chi connectivity index (χ2n) is 18.7. The van der Waals surface area contributed by atoms with E-state index in [1.165, 1.54) is 74.3 Å². The Bertz CT molecular complexity index is 1590. The third-order valence-corrected chi connectivity index (χ3v) is 15.4. The van der Waals surface area contributed by atoms with Gasteiger partial charge < -0.3 is 30.4 Å². The molecule has 7 heteroatoms. The first-order chi connectivity index (χ1) is 24.0. The number of hydrogen-bond donors (Lipinski definition) is 4. The van der Waals surface area contributed by atoms with Gasteiger partial charge >= 0.3 is 0 Å². The van der Waals surface area contributed by atoms with Gasteiger partial charge in [0.15, 0.2) is 5.96 Å². The molecule has 5 aliphatic carbocycles. The summed E-state index contributed by atoms with van der Waals surface area (Å²) in [6.07, 6.45) is 21.9. The van der Waals surface area contributed by atoms with Crippen LogP contribution in [0.3, 0.4) is 0 Å². The molecule has 1 spiro atoms. The Balaban J connectivity index is 0.844. The van der Waals surface area contributed by atoms with Crippen LogP contribution >= 0.6 is 0 Å². The molecule has 0 radical (unpaired) electrons. The first kappa shape index (κ1) is 34.7. The normalized spacial score (nSPS) is 43.2. The number of guanidine groups is 1. The third kappa shape index (κ3) is 6.58. The van der Waals surface area contributed by atoms with E-state index in [2.05, 4.69) is 37.4 Å². The number of epoxide rings is 1. The summed E-state index contributed by atoms with van der Waals surface area (Å²) in [6, 6.07) is 6.32. The SMILES string of the molecule is C=C1C[C@@]2(CC[C@H](CC[C@]3(O)CCC[C@H](O)C3)C2)[C@@H]2O[C@]2(C)CC[C@H]2[C@@H]1C[C@]2(C)[C@H]1CC[C@H](CN=C(N)NCCc2cccc3cocc23)C1. The number of aliphatic hydroxyl groups excluding tert-OH is 1. The maximum atomic E-state index is 11.2. The predicted molar refractivity (Wildman–Crippen MR) is 200 cm³/mol. The number of allylic oxidation sites excluding steroid dienone is 1. The van der Waals surface area contributed by atoms with Gasteiger partial charge in [0.1, 0.15) is 0 Å². The lowest BCUT2D eigenvalue weighted by molar-refractivity contribution is -0.0693. The van der Waals surface area contributed by atoms with Crippen molar-refractivity contribution in [1.82, 2.24) is 5.32 Å². The van der Waals surface area contributed by atoms with Gasteiger partial charge in [-0.15, -0.1) is 0 Å². The molecule has 11 atom stereocenters. The van der Waals surface area contributed by atoms with Gasteiger partial charge in [0.2, 0.25) is 0 Å². The van der Waals surface area contributed by atoms with Crippen molar-refractivity contribution in [2.45, 2.75) is 146 Å². The Morgan fingerprint density at radius 2 is 1.92 bits per heavy atom. The van der Waals surface area contributed by atoms with Crippen molar-refractivity contribution < 1.29 is 19.4 Å². The summed E-state index contributed by atoms with van der Waals surface area (Å²) < 4.78 is 12.1. The minimum Gasteiger partial charge on any atom is -0.471 e. The van der Waals surface area contributed by atoms with E-state index in [1.807, 2.05) is 6.26 Å². The topological polar surface area (TPSA) is 117 Å². The molecule has 1 aliphatic heterocycles. The lowest BCUT2D eigenvalue weighted by Gasteiger charge is -2.58. The van der Waals surface area contributed by atoms with Crippen LogP contribution in [-0.2, 0) is 11.2 Å². The lowest BCUT2D eigenvalue weighted by Crippen LogP contribution is -2.51. The number of rotatable bonds is 9. The van der Waals surface area contributed by atoms with Crippen molar-refractivity contribution in [3.8, 4) is 0 Å². The van der Waals surface area contributed by atoms with Crippen molar-refractivity contribution in [1.29, 1.82) is 0 Å². The fourth-order valence-corrected chi connectivity index (χ4v) is 12.5. The summed E-state index contributed by atoms with van der Waals surface area (Å²) in [5.41, 5.74) is 9.04. The molecule has 0 bridgehead atoms. The highest BCUT2D eigenvalue weighted by atomic mass is 16.6. The molecule has 274 valence electrons. The Morgan fingerprint density at radius 1 is 1.04 bits per heavy atom. The molecule has 1 aromatic carbocycles. The fraction of sp³-hybridized carbons (Fsp3) is 0.744. The summed E-state index contributed by atoms with van der Waals surface area (Å²) in [5.74, 6) is 3.91. The third-order valence-electron chi connectivity index (χ3n) is 15.4. The minimum absolute atomic E-state index is 0.00866. The molecule has 5 saturated carbocycles. The average molecular weight is 686 g/mol. The number of nitrogens with two attached hydrogens (primary N) is 1. The number of fused-ring (bicyclic) bond motifs is 4. The number of ether oxygens (including phenoxy) is 1. The highest BCUT2D eigenvalue weighted by molar-refractivity contribution is 5.84. The second-order valence-corrected chi connectivity index (χ2v) is 18.7. The van der Waals surface area contributed by atoms with Crippen LogP contribution in [0.15, 0.2) is 52.3 Å². The quantitative estimate of drug-likeness (QED) is 0.0919. The van der Waals surface area contributed by atoms with Gasteiger partial charge in [-0.2, -0.15) is 0 Å². The van der Waals surface area contributed by atoms with E-state index in [9.17, 15) is 10.2 Å². The Morgan fingerprint density at radius 3 is 2.78 bits per heavy atom. The highest BCUT2D eigenvalue weighted by Crippen LogP contribution is 2.69. The zero-order valence-corrected chi connectivity index (χ0v) is 30.8. The van der Waals surface area contributed by atoms with E-state index in [4.69, 9.17) is 26.5 Å². The molecule has 6 aliphatic rings. The molecule has 5 N–H and O–H groups in total. The number of aliphatic hydroxyl groups is 2. The molecule has 0 amide bonds. The Labute approximate surface area is 299 Å². The zero-order chi connectivity index (χ0) is 34.7. The first-order valence-corrected chi connectivity index (χ1v) is 20.2. The number of nitrogens with zero attached hydrogens (tertiary/aromatic N) is 1. The molecule has 6 fully saturated rings. The number of aliphatic imine (C=N–C) groups is 1. The molecule has 0 unspecified atom stereocenters. The summed E-state index contributed by atoms with van der Waals surface area (Å²) in [5, 5.41) is 27.1. The largest absolute Gasteiger partial charge is 0.471 e. The van der Waals surface area contributed by atoms with E-state index < -0.39 is 5.60 Å². The maximum absolute atomic E-state index is 11.2. The molecule has 1 saturated heterocycles. The second kappa shape index (κ2) is 13.3. The fourth-order valence-electron chi connectivity index (χ4n) is 12.5. The van der Waals surface area contributed by atoms with Crippen LogP contribution < -0.4 is 11.1 Å². The molecular formula is C43H63N3O4. The Kier molecular flexibility index (Phi) is 9.20. The Hall–Kier alpha value is -2.35. The lowest BCUT2D eigenvalue weighted by atomic mass is 9.46. The summed E-state index contributed by atoms with van der Waals surface area (Å²) in [7, 11) is 0. The molecule has 8 rings (SSSR count). The summed E-state index contributed by atoms with van der Waals surface area (Å²) >= 11 is 0. The van der Waals surface area contributed by atoms with Crippen LogP contribution in [0, 0.1) is 40.4 Å². The van der Waals surface area contributed by atoms with Crippen LogP contribution in [0.1, 0.15) is 122 Å². The van der Waals surface area contributed by atoms with Crippen molar-refractivity contribution in [2.24, 2.45) is 51.1 Å². The van der Waals surface area contributed by atoms with Crippen molar-refractivity contribution >= 4 is 16.7 Å². The van der Waals surface area contributed by atoms with Gasteiger partial charge in [0, 0.05) is 35.7 Å². The van der Waals surface area contributed by atoms with E-state index in [0.717, 1.165) is 69.3 Å². The van der Waals surface area contributed by atoms with Crippen LogP contribution in [0.2, 0.25) is 0 Å². The van der Waals surface area contributed by atoms with Gasteiger partial charge in [0.05, 0.1) is 35.9 Å². The van der Waals surface area contributed by atoms with Crippen molar-refractivity contribution in [3.63, 3.8) is 0 Å². The van der Waals surface area contributed by atoms with Gasteiger partial charge in [-0.25, -0.2) is 0 Å². The molecular weight excluding hydrogens is 622 g/mol. The van der Waals surface area contributed by atoms with Gasteiger partial charge in [-0.05, 0) is 150 Å². The van der Waals surface area contributed by atoms with Crippen LogP contribution in [0.5, 0.6) is 0 Å². The summed E-state index contributed by atoms with van der Waals surface area (Å²) in [4.78, 5) is 4.81. The number of nitrogens with one attached hydrogen (secondary N) is 1. The molecule has 2 heterocycles. The minimum atomic E-state index is -0.671. The maximum Gasteiger partial charge on any atom is 0.188 e. The van der Waals surface area contributed by atoms with Crippen LogP contribution in [-0.4, -0.2) is 52.7 Å². The van der Waals surface area contributed by atoms with Crippen LogP contribution in [0.4, 0.5) is 0 Å². The smallest absolute Gasteiger partial charge is 0.188 e. The highest BCUT2D eigenvalue weighted by Gasteiger charge is 2.67. The molecule has 1 aromatic heterocycles. The average Bonchev–Trinajstić information content (AvgIpc) is 3.53. The van der Waals surface area contributed by atoms with E-state index in [1.54, 1.807) is 6.26 Å². The first-order valence-electron chi connectivity index (χ1n) is 20.2. The molecule has 50 heavy (non-hydrogen) atoms. The van der Waals surface area contributed by atoms with Crippen LogP contribution in [0.25, 0.3) is 10.8 Å². The van der Waals surface area contributed by atoms with Crippen molar-refractivity contribution in [3.05, 3.63) is 48.4 Å². The summed E-state index contributed by atoms with van der Waals surface area (Å²) in [6.45, 7) is 11.4. The number of benzene rings is 1. The van der Waals surface area contributed by atoms with Gasteiger partial charge in [-0.1, -0.05) is 37.3 Å². The number of hydrogen-bond acceptors (Lipinski definition) is 5. The van der Waals surface area contributed by atoms with Gasteiger partial charge in [0.25, 0.3) is 0 Å². The number of furan rings is 1. The van der Waals surface area contributed by atoms with Gasteiger partial charge in [-0.3, -0.25) is 4.99 Å². The van der Waals surface area contributed by atoms with E-state index in [-0.39, 0.29) is 17.1 Å². The predicted octanol–water partition coefficient (Wildman–Crippen LogP) is 8.07. The molecule has 2 aromatic rings. The monoisotopic (exact) mass is 685 g/mol. The standard InChI is InChI=1S/C43H63N3O4/c1-28-21-42(17-11-29(22-42)12-18-43(48)15-5-8-34(47)23-43)38-41(3,50-38)16-13-37-35(28)24-40(37,2)33-10-9-30(20-33)25-46-39(44)45-19-14-31-6-4-7-32-26-49-27-36(31)32/h4,6-7,26-27,29-30,33-35,37-38,47-48H,1,5,8-25H2,2-3H3,(H3,44,45,46)/t29-,30+,33+,34+,35-,37+,38-,40-,41-,42-,43-/m1/s1. The molecule has 7 nitrogen and oxygen atoms in total. The van der Waals surface area contributed by atoms with Crippen molar-refractivity contribution in [2.75, 3.05) is 13.1 Å². The van der Waals surface area contributed by atoms with E-state index in [0.29, 0.717) is 47.6 Å². The zero-order valence-electron chi connectivity index (χ0n) is 30.8. The van der Waals surface area contributed by atoms with E-state index >= 15 is 0 Å².